The smallest absolute Gasteiger partial charge is 0.255 e. The standard InChI is InChI=1S/C23H22N6O/c1-15-4-5-18(12-16(15)2)23(30)28-20-8-6-19(7-9-20)27-21-13-22(26-14-25-21)29-11-10-24-17(29)3/h4-14H,1-3H3,(H,28,30)(H,25,26,27). The summed E-state index contributed by atoms with van der Waals surface area (Å²) in [6, 6.07) is 15.0. The van der Waals surface area contributed by atoms with E-state index < -0.39 is 0 Å². The van der Waals surface area contributed by atoms with Crippen LogP contribution in [0, 0.1) is 20.8 Å². The maximum absolute atomic E-state index is 12.5. The van der Waals surface area contributed by atoms with Crippen LogP contribution in [0.25, 0.3) is 5.82 Å². The molecule has 0 saturated carbocycles. The average molecular weight is 398 g/mol. The molecule has 0 saturated heterocycles. The molecule has 0 aliphatic carbocycles. The zero-order chi connectivity index (χ0) is 21.1. The van der Waals surface area contributed by atoms with Crippen LogP contribution in [0.4, 0.5) is 17.2 Å². The number of aromatic nitrogens is 4. The number of imidazole rings is 1. The van der Waals surface area contributed by atoms with Crippen molar-refractivity contribution in [2.24, 2.45) is 0 Å². The second-order valence-electron chi connectivity index (χ2n) is 7.06. The van der Waals surface area contributed by atoms with Gasteiger partial charge in [0.2, 0.25) is 0 Å². The predicted molar refractivity (Wildman–Crippen MR) is 117 cm³/mol. The van der Waals surface area contributed by atoms with Crippen molar-refractivity contribution < 1.29 is 4.79 Å². The molecule has 7 heteroatoms. The van der Waals surface area contributed by atoms with Crippen molar-refractivity contribution in [2.45, 2.75) is 20.8 Å². The molecular weight excluding hydrogens is 376 g/mol. The third-order valence-electron chi connectivity index (χ3n) is 4.91. The number of carbonyl (C=O) groups is 1. The molecule has 4 rings (SSSR count). The Bertz CT molecular complexity index is 1200. The first-order valence-corrected chi connectivity index (χ1v) is 9.58. The van der Waals surface area contributed by atoms with Crippen LogP contribution in [-0.4, -0.2) is 25.4 Å². The molecule has 0 aliphatic heterocycles. The highest BCUT2D eigenvalue weighted by Gasteiger charge is 2.08. The van der Waals surface area contributed by atoms with Crippen molar-refractivity contribution in [3.63, 3.8) is 0 Å². The quantitative estimate of drug-likeness (QED) is 0.514. The number of amides is 1. The van der Waals surface area contributed by atoms with Gasteiger partial charge in [0.15, 0.2) is 0 Å². The lowest BCUT2D eigenvalue weighted by Crippen LogP contribution is -2.12. The van der Waals surface area contributed by atoms with Crippen molar-refractivity contribution in [3.05, 3.63) is 89.8 Å². The lowest BCUT2D eigenvalue weighted by molar-refractivity contribution is 0.102. The van der Waals surface area contributed by atoms with Crippen LogP contribution < -0.4 is 10.6 Å². The Labute approximate surface area is 174 Å². The van der Waals surface area contributed by atoms with Gasteiger partial charge in [-0.2, -0.15) is 0 Å². The van der Waals surface area contributed by atoms with Crippen LogP contribution in [0.5, 0.6) is 0 Å². The van der Waals surface area contributed by atoms with Crippen LogP contribution in [0.15, 0.2) is 67.3 Å². The van der Waals surface area contributed by atoms with Crippen molar-refractivity contribution in [1.82, 2.24) is 19.5 Å². The van der Waals surface area contributed by atoms with E-state index >= 15 is 0 Å². The van der Waals surface area contributed by atoms with Gasteiger partial charge >= 0.3 is 0 Å². The second-order valence-corrected chi connectivity index (χ2v) is 7.06. The lowest BCUT2D eigenvalue weighted by Gasteiger charge is -2.10. The van der Waals surface area contributed by atoms with E-state index in [9.17, 15) is 4.79 Å². The molecule has 0 radical (unpaired) electrons. The van der Waals surface area contributed by atoms with E-state index in [2.05, 4.69) is 25.6 Å². The Balaban J connectivity index is 1.44. The van der Waals surface area contributed by atoms with Gasteiger partial charge in [0.1, 0.15) is 23.8 Å². The van der Waals surface area contributed by atoms with Crippen LogP contribution in [-0.2, 0) is 0 Å². The Morgan fingerprint density at radius 3 is 2.33 bits per heavy atom. The van der Waals surface area contributed by atoms with E-state index in [0.717, 1.165) is 34.1 Å². The minimum absolute atomic E-state index is 0.130. The molecule has 0 atom stereocenters. The maximum Gasteiger partial charge on any atom is 0.255 e. The van der Waals surface area contributed by atoms with Gasteiger partial charge < -0.3 is 10.6 Å². The summed E-state index contributed by atoms with van der Waals surface area (Å²) in [6.07, 6.45) is 5.10. The zero-order valence-electron chi connectivity index (χ0n) is 17.0. The van der Waals surface area contributed by atoms with Gasteiger partial charge in [0.25, 0.3) is 5.91 Å². The first-order valence-electron chi connectivity index (χ1n) is 9.58. The highest BCUT2D eigenvalue weighted by atomic mass is 16.1. The molecule has 4 aromatic rings. The number of anilines is 3. The van der Waals surface area contributed by atoms with Gasteiger partial charge in [-0.25, -0.2) is 15.0 Å². The number of rotatable bonds is 5. The SMILES string of the molecule is Cc1ccc(C(=O)Nc2ccc(Nc3cc(-n4ccnc4C)ncn3)cc2)cc1C. The van der Waals surface area contributed by atoms with E-state index in [0.29, 0.717) is 11.4 Å². The van der Waals surface area contributed by atoms with E-state index in [1.54, 1.807) is 6.20 Å². The highest BCUT2D eigenvalue weighted by molar-refractivity contribution is 6.04. The van der Waals surface area contributed by atoms with Gasteiger partial charge in [-0.05, 0) is 68.3 Å². The molecule has 0 fully saturated rings. The van der Waals surface area contributed by atoms with Gasteiger partial charge in [-0.3, -0.25) is 9.36 Å². The third-order valence-corrected chi connectivity index (χ3v) is 4.91. The summed E-state index contributed by atoms with van der Waals surface area (Å²) in [7, 11) is 0. The van der Waals surface area contributed by atoms with E-state index in [1.807, 2.05) is 80.1 Å². The summed E-state index contributed by atoms with van der Waals surface area (Å²) in [5.41, 5.74) is 4.48. The lowest BCUT2D eigenvalue weighted by atomic mass is 10.1. The van der Waals surface area contributed by atoms with Crippen molar-refractivity contribution in [3.8, 4) is 5.82 Å². The molecular formula is C23H22N6O. The Hall–Kier alpha value is -4.00. The number of benzene rings is 2. The Kier molecular flexibility index (Phi) is 5.26. The molecule has 0 spiro atoms. The normalized spacial score (nSPS) is 10.6. The van der Waals surface area contributed by atoms with Crippen LogP contribution in [0.2, 0.25) is 0 Å². The number of nitrogens with zero attached hydrogens (tertiary/aromatic N) is 4. The maximum atomic E-state index is 12.5. The third kappa shape index (κ3) is 4.20. The second kappa shape index (κ2) is 8.16. The van der Waals surface area contributed by atoms with Crippen molar-refractivity contribution in [2.75, 3.05) is 10.6 Å². The van der Waals surface area contributed by atoms with Gasteiger partial charge in [-0.15, -0.1) is 0 Å². The first kappa shape index (κ1) is 19.3. The monoisotopic (exact) mass is 398 g/mol. The van der Waals surface area contributed by atoms with Crippen molar-refractivity contribution in [1.29, 1.82) is 0 Å². The van der Waals surface area contributed by atoms with Crippen LogP contribution >= 0.6 is 0 Å². The van der Waals surface area contributed by atoms with Crippen LogP contribution in [0.3, 0.4) is 0 Å². The van der Waals surface area contributed by atoms with Gasteiger partial charge in [0, 0.05) is 35.4 Å². The number of hydrogen-bond donors (Lipinski definition) is 2. The Morgan fingerprint density at radius 1 is 0.867 bits per heavy atom. The molecule has 7 nitrogen and oxygen atoms in total. The van der Waals surface area contributed by atoms with E-state index in [4.69, 9.17) is 0 Å². The molecule has 2 N–H and O–H groups in total. The summed E-state index contributed by atoms with van der Waals surface area (Å²) in [6.45, 7) is 5.94. The number of aryl methyl sites for hydroxylation is 3. The van der Waals surface area contributed by atoms with Crippen molar-refractivity contribution >= 4 is 23.1 Å². The average Bonchev–Trinajstić information content (AvgIpc) is 3.17. The molecule has 0 unspecified atom stereocenters. The highest BCUT2D eigenvalue weighted by Crippen LogP contribution is 2.20. The number of carbonyl (C=O) groups excluding carboxylic acids is 1. The van der Waals surface area contributed by atoms with E-state index in [1.165, 1.54) is 6.33 Å². The first-order chi connectivity index (χ1) is 14.5. The summed E-state index contributed by atoms with van der Waals surface area (Å²) in [5.74, 6) is 2.12. The summed E-state index contributed by atoms with van der Waals surface area (Å²) < 4.78 is 1.89. The topological polar surface area (TPSA) is 84.7 Å². The summed E-state index contributed by atoms with van der Waals surface area (Å²) in [4.78, 5) is 25.3. The molecule has 0 bridgehead atoms. The molecule has 150 valence electrons. The molecule has 2 aromatic heterocycles. The fourth-order valence-corrected chi connectivity index (χ4v) is 3.04. The largest absolute Gasteiger partial charge is 0.340 e. The summed E-state index contributed by atoms with van der Waals surface area (Å²) in [5, 5.41) is 6.18. The molecule has 2 heterocycles. The fourth-order valence-electron chi connectivity index (χ4n) is 3.04. The van der Waals surface area contributed by atoms with Crippen LogP contribution in [0.1, 0.15) is 27.3 Å². The van der Waals surface area contributed by atoms with Gasteiger partial charge in [-0.1, -0.05) is 6.07 Å². The molecule has 2 aromatic carbocycles. The fraction of sp³-hybridized carbons (Fsp3) is 0.130. The minimum atomic E-state index is -0.130. The number of hydrogen-bond acceptors (Lipinski definition) is 5. The zero-order valence-corrected chi connectivity index (χ0v) is 17.0. The number of nitrogens with one attached hydrogen (secondary N) is 2. The van der Waals surface area contributed by atoms with Gasteiger partial charge in [0.05, 0.1) is 0 Å². The Morgan fingerprint density at radius 2 is 1.63 bits per heavy atom. The minimum Gasteiger partial charge on any atom is -0.340 e. The molecule has 0 aliphatic rings. The summed E-state index contributed by atoms with van der Waals surface area (Å²) >= 11 is 0. The van der Waals surface area contributed by atoms with E-state index in [-0.39, 0.29) is 5.91 Å². The molecule has 30 heavy (non-hydrogen) atoms. The molecule has 1 amide bonds. The predicted octanol–water partition coefficient (Wildman–Crippen LogP) is 4.58.